The fraction of sp³-hybridized carbons (Fsp3) is 0.667. The summed E-state index contributed by atoms with van der Waals surface area (Å²) in [5.74, 6) is 0. The highest BCUT2D eigenvalue weighted by atomic mass is 31.2. The summed E-state index contributed by atoms with van der Waals surface area (Å²) in [6.45, 7) is 2.62. The molecule has 0 fully saturated rings. The standard InChI is InChI=1S/C6H7F6O3P/c1-2-4(6(10,11)12)15-16(13,14)3-5(7,8)9/h2,4H,1,3H2,(H,13,14)/p-1. The number of hydrogen-bond donors (Lipinski definition) is 0. The van der Waals surface area contributed by atoms with E-state index in [0.29, 0.717) is 0 Å². The summed E-state index contributed by atoms with van der Waals surface area (Å²) in [6.07, 6.45) is -15.7. The fourth-order valence-corrected chi connectivity index (χ4v) is 1.73. The Kier molecular flexibility index (Phi) is 4.61. The average Bonchev–Trinajstić information content (AvgIpc) is 1.93. The van der Waals surface area contributed by atoms with E-state index in [1.807, 2.05) is 0 Å². The van der Waals surface area contributed by atoms with Crippen molar-refractivity contribution in [2.75, 3.05) is 6.16 Å². The van der Waals surface area contributed by atoms with Gasteiger partial charge in [0, 0.05) is 0 Å². The van der Waals surface area contributed by atoms with E-state index < -0.39 is 32.2 Å². The maximum absolute atomic E-state index is 11.9. The molecule has 0 saturated heterocycles. The van der Waals surface area contributed by atoms with Crippen molar-refractivity contribution in [3.63, 3.8) is 0 Å². The van der Waals surface area contributed by atoms with Gasteiger partial charge in [-0.3, -0.25) is 0 Å². The van der Waals surface area contributed by atoms with E-state index in [1.165, 1.54) is 0 Å². The average molecular weight is 271 g/mol. The molecule has 0 heterocycles. The molecule has 0 N–H and O–H groups in total. The normalized spacial score (nSPS) is 18.9. The van der Waals surface area contributed by atoms with Gasteiger partial charge in [0.1, 0.15) is 13.8 Å². The first kappa shape index (κ1) is 15.5. The Bertz CT molecular complexity index is 296. The van der Waals surface area contributed by atoms with Crippen molar-refractivity contribution in [2.45, 2.75) is 18.5 Å². The van der Waals surface area contributed by atoms with Crippen molar-refractivity contribution < 1.29 is 40.3 Å². The molecule has 16 heavy (non-hydrogen) atoms. The summed E-state index contributed by atoms with van der Waals surface area (Å²) in [5, 5.41) is 0. The van der Waals surface area contributed by atoms with Gasteiger partial charge in [0.15, 0.2) is 6.10 Å². The molecule has 0 saturated carbocycles. The minimum atomic E-state index is -5.65. The second-order valence-electron chi connectivity index (χ2n) is 2.69. The number of rotatable bonds is 4. The van der Waals surface area contributed by atoms with Gasteiger partial charge in [0.2, 0.25) is 0 Å². The van der Waals surface area contributed by atoms with Crippen LogP contribution in [0, 0.1) is 0 Å². The maximum atomic E-state index is 11.9. The first-order valence-electron chi connectivity index (χ1n) is 3.62. The molecule has 0 aliphatic heterocycles. The van der Waals surface area contributed by atoms with Gasteiger partial charge < -0.3 is 14.0 Å². The first-order chi connectivity index (χ1) is 6.87. The zero-order chi connectivity index (χ0) is 13.2. The number of hydrogen-bond acceptors (Lipinski definition) is 3. The highest BCUT2D eigenvalue weighted by molar-refractivity contribution is 7.51. The Labute approximate surface area is 86.2 Å². The van der Waals surface area contributed by atoms with Gasteiger partial charge in [-0.15, -0.1) is 6.58 Å². The van der Waals surface area contributed by atoms with Gasteiger partial charge in [-0.2, -0.15) is 26.3 Å². The third-order valence-corrected chi connectivity index (χ3v) is 2.48. The van der Waals surface area contributed by atoms with E-state index >= 15 is 0 Å². The molecule has 0 rings (SSSR count). The van der Waals surface area contributed by atoms with Gasteiger partial charge in [-0.05, 0) is 0 Å². The van der Waals surface area contributed by atoms with Crippen LogP contribution in [0.1, 0.15) is 0 Å². The largest absolute Gasteiger partial charge is 0.778 e. The quantitative estimate of drug-likeness (QED) is 0.447. The van der Waals surface area contributed by atoms with Crippen LogP contribution in [0.15, 0.2) is 12.7 Å². The number of alkyl halides is 6. The van der Waals surface area contributed by atoms with Crippen LogP contribution in [-0.4, -0.2) is 24.6 Å². The minimum absolute atomic E-state index is 0.0565. The summed E-state index contributed by atoms with van der Waals surface area (Å²) >= 11 is 0. The zero-order valence-corrected chi connectivity index (χ0v) is 8.40. The van der Waals surface area contributed by atoms with E-state index in [2.05, 4.69) is 11.1 Å². The topological polar surface area (TPSA) is 49.4 Å². The fourth-order valence-electron chi connectivity index (χ4n) is 0.666. The SMILES string of the molecule is C=CC(OP(=O)([O-])CC(F)(F)F)C(F)(F)F. The second-order valence-corrected chi connectivity index (χ2v) is 4.44. The summed E-state index contributed by atoms with van der Waals surface area (Å²) in [7, 11) is -5.65. The van der Waals surface area contributed by atoms with Crippen molar-refractivity contribution in [3.05, 3.63) is 12.7 Å². The van der Waals surface area contributed by atoms with E-state index in [9.17, 15) is 35.8 Å². The molecule has 0 aliphatic carbocycles. The Morgan fingerprint density at radius 1 is 1.31 bits per heavy atom. The predicted octanol–water partition coefficient (Wildman–Crippen LogP) is 2.24. The first-order valence-corrected chi connectivity index (χ1v) is 5.35. The van der Waals surface area contributed by atoms with Gasteiger partial charge in [-0.25, -0.2) is 0 Å². The lowest BCUT2D eigenvalue weighted by molar-refractivity contribution is -0.235. The number of halogens is 6. The van der Waals surface area contributed by atoms with Crippen molar-refractivity contribution in [3.8, 4) is 0 Å². The highest BCUT2D eigenvalue weighted by Crippen LogP contribution is 2.46. The second kappa shape index (κ2) is 4.77. The predicted molar refractivity (Wildman–Crippen MR) is 39.7 cm³/mol. The monoisotopic (exact) mass is 271 g/mol. The van der Waals surface area contributed by atoms with Crippen LogP contribution in [0.4, 0.5) is 26.3 Å². The third-order valence-electron chi connectivity index (χ3n) is 1.18. The van der Waals surface area contributed by atoms with Crippen LogP contribution in [-0.2, 0) is 9.09 Å². The molecule has 0 bridgehead atoms. The molecule has 2 atom stereocenters. The summed E-state index contributed by atoms with van der Waals surface area (Å²) in [4.78, 5) is 10.6. The molecule has 0 radical (unpaired) electrons. The molecule has 96 valence electrons. The van der Waals surface area contributed by atoms with Crippen molar-refractivity contribution in [1.82, 2.24) is 0 Å². The van der Waals surface area contributed by atoms with Gasteiger partial charge in [0.05, 0.1) is 0 Å². The molecular weight excluding hydrogens is 265 g/mol. The molecule has 2 unspecified atom stereocenters. The molecule has 0 spiro atoms. The maximum Gasteiger partial charge on any atom is 0.418 e. The van der Waals surface area contributed by atoms with Crippen LogP contribution in [0.2, 0.25) is 0 Å². The summed E-state index contributed by atoms with van der Waals surface area (Å²) in [5.41, 5.74) is 0. The Balaban J connectivity index is 4.70. The summed E-state index contributed by atoms with van der Waals surface area (Å²) < 4.78 is 84.7. The Morgan fingerprint density at radius 3 is 2.00 bits per heavy atom. The molecule has 0 aromatic carbocycles. The van der Waals surface area contributed by atoms with Crippen LogP contribution >= 0.6 is 7.60 Å². The van der Waals surface area contributed by atoms with Crippen LogP contribution < -0.4 is 4.89 Å². The minimum Gasteiger partial charge on any atom is -0.778 e. The molecule has 3 nitrogen and oxygen atoms in total. The summed E-state index contributed by atoms with van der Waals surface area (Å²) in [6, 6.07) is 0. The Hall–Kier alpha value is -0.530. The molecular formula is C6H6F6O3P-. The van der Waals surface area contributed by atoms with Gasteiger partial charge in [0.25, 0.3) is 0 Å². The van der Waals surface area contributed by atoms with E-state index in [0.717, 1.165) is 0 Å². The van der Waals surface area contributed by atoms with Crippen molar-refractivity contribution >= 4 is 7.60 Å². The molecule has 0 aromatic heterocycles. The Morgan fingerprint density at radius 2 is 1.75 bits per heavy atom. The molecule has 0 amide bonds. The lowest BCUT2D eigenvalue weighted by Crippen LogP contribution is -2.32. The molecule has 10 heteroatoms. The van der Waals surface area contributed by atoms with Crippen molar-refractivity contribution in [1.29, 1.82) is 0 Å². The lowest BCUT2D eigenvalue weighted by atomic mass is 10.3. The van der Waals surface area contributed by atoms with Crippen LogP contribution in [0.3, 0.4) is 0 Å². The molecule has 0 aliphatic rings. The highest BCUT2D eigenvalue weighted by Gasteiger charge is 2.43. The zero-order valence-electron chi connectivity index (χ0n) is 7.51. The smallest absolute Gasteiger partial charge is 0.418 e. The van der Waals surface area contributed by atoms with Gasteiger partial charge in [-0.1, -0.05) is 6.08 Å². The van der Waals surface area contributed by atoms with E-state index in [4.69, 9.17) is 0 Å². The third kappa shape index (κ3) is 6.14. The van der Waals surface area contributed by atoms with E-state index in [1.54, 1.807) is 0 Å². The van der Waals surface area contributed by atoms with E-state index in [-0.39, 0.29) is 6.08 Å². The van der Waals surface area contributed by atoms with Gasteiger partial charge >= 0.3 is 12.4 Å². The lowest BCUT2D eigenvalue weighted by Gasteiger charge is -2.28. The van der Waals surface area contributed by atoms with Crippen molar-refractivity contribution in [2.24, 2.45) is 0 Å². The molecule has 0 aromatic rings. The van der Waals surface area contributed by atoms with Crippen LogP contribution in [0.25, 0.3) is 0 Å². The van der Waals surface area contributed by atoms with Crippen LogP contribution in [0.5, 0.6) is 0 Å².